The van der Waals surface area contributed by atoms with Crippen LogP contribution in [0.3, 0.4) is 0 Å². The summed E-state index contributed by atoms with van der Waals surface area (Å²) in [7, 11) is 0. The van der Waals surface area contributed by atoms with E-state index in [0.717, 1.165) is 32.2 Å². The maximum atomic E-state index is 10.8. The minimum atomic E-state index is 0.259. The van der Waals surface area contributed by atoms with Crippen molar-refractivity contribution in [1.82, 2.24) is 0 Å². The first kappa shape index (κ1) is 16.6. The molecule has 112 valence electrons. The van der Waals surface area contributed by atoms with E-state index in [9.17, 15) is 4.79 Å². The molecule has 0 aliphatic heterocycles. The quantitative estimate of drug-likeness (QED) is 0.600. The lowest BCUT2D eigenvalue weighted by Crippen LogP contribution is -2.23. The van der Waals surface area contributed by atoms with E-state index < -0.39 is 0 Å². The summed E-state index contributed by atoms with van der Waals surface area (Å²) in [5.41, 5.74) is 0. The zero-order chi connectivity index (χ0) is 14.1. The van der Waals surface area contributed by atoms with Gasteiger partial charge in [0.25, 0.3) is 0 Å². The van der Waals surface area contributed by atoms with Crippen LogP contribution in [0, 0.1) is 11.8 Å². The van der Waals surface area contributed by atoms with Gasteiger partial charge in [-0.15, -0.1) is 0 Å². The van der Waals surface area contributed by atoms with Crippen LogP contribution in [0.5, 0.6) is 0 Å². The zero-order valence-electron chi connectivity index (χ0n) is 12.8. The summed E-state index contributed by atoms with van der Waals surface area (Å²) in [6, 6.07) is 0. The first-order valence-corrected chi connectivity index (χ1v) is 7.76. The SMILES string of the molecule is CC(=O)CCCOCC1CCC(COC(C)C)CC1. The van der Waals surface area contributed by atoms with Crippen LogP contribution in [0.15, 0.2) is 0 Å². The van der Waals surface area contributed by atoms with E-state index in [1.807, 2.05) is 0 Å². The Labute approximate surface area is 118 Å². The normalized spacial score (nSPS) is 23.8. The number of hydrogen-bond acceptors (Lipinski definition) is 3. The molecule has 19 heavy (non-hydrogen) atoms. The molecule has 3 heteroatoms. The molecular weight excluding hydrogens is 240 g/mol. The van der Waals surface area contributed by atoms with Crippen LogP contribution in [0.2, 0.25) is 0 Å². The van der Waals surface area contributed by atoms with Crippen molar-refractivity contribution in [3.63, 3.8) is 0 Å². The highest BCUT2D eigenvalue weighted by molar-refractivity contribution is 5.75. The molecule has 3 nitrogen and oxygen atoms in total. The number of hydrogen-bond donors (Lipinski definition) is 0. The molecule has 0 radical (unpaired) electrons. The fraction of sp³-hybridized carbons (Fsp3) is 0.938. The van der Waals surface area contributed by atoms with Crippen molar-refractivity contribution >= 4 is 5.78 Å². The van der Waals surface area contributed by atoms with E-state index in [0.29, 0.717) is 18.4 Å². The Bertz CT molecular complexity index is 242. The fourth-order valence-electron chi connectivity index (χ4n) is 2.57. The van der Waals surface area contributed by atoms with Crippen molar-refractivity contribution < 1.29 is 14.3 Å². The van der Waals surface area contributed by atoms with Gasteiger partial charge in [-0.1, -0.05) is 0 Å². The van der Waals surface area contributed by atoms with E-state index in [4.69, 9.17) is 9.47 Å². The number of ketones is 1. The molecule has 0 amide bonds. The molecule has 1 aliphatic carbocycles. The standard InChI is InChI=1S/C16H30O3/c1-13(2)19-12-16-8-6-15(7-9-16)11-18-10-4-5-14(3)17/h13,15-16H,4-12H2,1-3H3. The number of rotatable bonds is 9. The van der Waals surface area contributed by atoms with E-state index >= 15 is 0 Å². The van der Waals surface area contributed by atoms with Crippen LogP contribution in [-0.2, 0) is 14.3 Å². The predicted molar refractivity (Wildman–Crippen MR) is 77.3 cm³/mol. The second-order valence-electron chi connectivity index (χ2n) is 6.15. The topological polar surface area (TPSA) is 35.5 Å². The Balaban J connectivity index is 1.99. The van der Waals surface area contributed by atoms with Crippen molar-refractivity contribution in [2.24, 2.45) is 11.8 Å². The number of carbonyl (C=O) groups excluding carboxylic acids is 1. The van der Waals surface area contributed by atoms with E-state index in [1.54, 1.807) is 6.92 Å². The molecule has 0 N–H and O–H groups in total. The lowest BCUT2D eigenvalue weighted by molar-refractivity contribution is -0.117. The van der Waals surface area contributed by atoms with Gasteiger partial charge in [0.05, 0.1) is 6.10 Å². The molecule has 0 spiro atoms. The molecule has 0 unspecified atom stereocenters. The van der Waals surface area contributed by atoms with E-state index in [2.05, 4.69) is 13.8 Å². The fourth-order valence-corrected chi connectivity index (χ4v) is 2.57. The second-order valence-corrected chi connectivity index (χ2v) is 6.15. The average Bonchev–Trinajstić information content (AvgIpc) is 2.37. The Morgan fingerprint density at radius 2 is 1.68 bits per heavy atom. The summed E-state index contributed by atoms with van der Waals surface area (Å²) >= 11 is 0. The van der Waals surface area contributed by atoms with Gasteiger partial charge in [0.1, 0.15) is 5.78 Å². The minimum absolute atomic E-state index is 0.259. The molecule has 1 aliphatic rings. The monoisotopic (exact) mass is 270 g/mol. The molecule has 0 aromatic rings. The van der Waals surface area contributed by atoms with Gasteiger partial charge in [0.15, 0.2) is 0 Å². The highest BCUT2D eigenvalue weighted by atomic mass is 16.5. The average molecular weight is 270 g/mol. The van der Waals surface area contributed by atoms with Crippen molar-refractivity contribution in [1.29, 1.82) is 0 Å². The Kier molecular flexibility index (Phi) is 8.31. The van der Waals surface area contributed by atoms with Gasteiger partial charge < -0.3 is 14.3 Å². The first-order chi connectivity index (χ1) is 9.08. The molecule has 0 bridgehead atoms. The number of ether oxygens (including phenoxy) is 2. The molecule has 0 aromatic carbocycles. The Hall–Kier alpha value is -0.410. The van der Waals surface area contributed by atoms with Crippen molar-refractivity contribution in [2.75, 3.05) is 19.8 Å². The lowest BCUT2D eigenvalue weighted by atomic mass is 9.83. The summed E-state index contributed by atoms with van der Waals surface area (Å²) in [4.78, 5) is 10.8. The van der Waals surface area contributed by atoms with E-state index in [1.165, 1.54) is 25.7 Å². The summed E-state index contributed by atoms with van der Waals surface area (Å²) in [6.45, 7) is 8.36. The molecular formula is C16H30O3. The third kappa shape index (κ3) is 8.38. The molecule has 1 rings (SSSR count). The summed E-state index contributed by atoms with van der Waals surface area (Å²) in [6.07, 6.45) is 6.94. The highest BCUT2D eigenvalue weighted by Crippen LogP contribution is 2.29. The summed E-state index contributed by atoms with van der Waals surface area (Å²) in [5, 5.41) is 0. The largest absolute Gasteiger partial charge is 0.381 e. The molecule has 1 saturated carbocycles. The van der Waals surface area contributed by atoms with Gasteiger partial charge in [0, 0.05) is 26.2 Å². The smallest absolute Gasteiger partial charge is 0.129 e. The van der Waals surface area contributed by atoms with Crippen molar-refractivity contribution in [3.8, 4) is 0 Å². The van der Waals surface area contributed by atoms with Gasteiger partial charge in [0.2, 0.25) is 0 Å². The minimum Gasteiger partial charge on any atom is -0.381 e. The Morgan fingerprint density at radius 3 is 2.21 bits per heavy atom. The van der Waals surface area contributed by atoms with Gasteiger partial charge in [-0.2, -0.15) is 0 Å². The van der Waals surface area contributed by atoms with Crippen molar-refractivity contribution in [2.45, 2.75) is 65.4 Å². The van der Waals surface area contributed by atoms with Crippen LogP contribution >= 0.6 is 0 Å². The van der Waals surface area contributed by atoms with Crippen LogP contribution in [0.4, 0.5) is 0 Å². The second kappa shape index (κ2) is 9.49. The lowest BCUT2D eigenvalue weighted by Gasteiger charge is -2.28. The molecule has 0 atom stereocenters. The predicted octanol–water partition coefficient (Wildman–Crippen LogP) is 3.60. The molecule has 0 saturated heterocycles. The number of carbonyl (C=O) groups is 1. The maximum Gasteiger partial charge on any atom is 0.129 e. The van der Waals surface area contributed by atoms with Gasteiger partial charge in [-0.05, 0) is 64.7 Å². The summed E-state index contributed by atoms with van der Waals surface area (Å²) in [5.74, 6) is 1.72. The van der Waals surface area contributed by atoms with Crippen LogP contribution in [0.1, 0.15) is 59.3 Å². The third-order valence-corrected chi connectivity index (χ3v) is 3.80. The van der Waals surface area contributed by atoms with Gasteiger partial charge in [-0.3, -0.25) is 0 Å². The summed E-state index contributed by atoms with van der Waals surface area (Å²) < 4.78 is 11.4. The zero-order valence-corrected chi connectivity index (χ0v) is 12.8. The first-order valence-electron chi connectivity index (χ1n) is 7.76. The van der Waals surface area contributed by atoms with Gasteiger partial charge in [-0.25, -0.2) is 0 Å². The highest BCUT2D eigenvalue weighted by Gasteiger charge is 2.21. The molecule has 0 heterocycles. The van der Waals surface area contributed by atoms with Crippen LogP contribution in [-0.4, -0.2) is 31.7 Å². The maximum absolute atomic E-state index is 10.8. The van der Waals surface area contributed by atoms with Crippen LogP contribution in [0.25, 0.3) is 0 Å². The Morgan fingerprint density at radius 1 is 1.11 bits per heavy atom. The number of Topliss-reactive ketones (excluding diaryl/α,β-unsaturated/α-hetero) is 1. The van der Waals surface area contributed by atoms with Crippen molar-refractivity contribution in [3.05, 3.63) is 0 Å². The molecule has 0 aromatic heterocycles. The molecule has 1 fully saturated rings. The van der Waals surface area contributed by atoms with Gasteiger partial charge >= 0.3 is 0 Å². The van der Waals surface area contributed by atoms with Crippen LogP contribution < -0.4 is 0 Å². The third-order valence-electron chi connectivity index (χ3n) is 3.80. The van der Waals surface area contributed by atoms with E-state index in [-0.39, 0.29) is 5.78 Å².